The van der Waals surface area contributed by atoms with Crippen LogP contribution in [0.5, 0.6) is 0 Å². The maximum absolute atomic E-state index is 12.2. The van der Waals surface area contributed by atoms with Crippen molar-refractivity contribution in [2.24, 2.45) is 5.92 Å². The Labute approximate surface area is 132 Å². The van der Waals surface area contributed by atoms with Crippen molar-refractivity contribution in [3.05, 3.63) is 34.2 Å². The van der Waals surface area contributed by atoms with Crippen LogP contribution in [0, 0.1) is 5.92 Å². The third-order valence-electron chi connectivity index (χ3n) is 3.94. The molecule has 1 heterocycles. The van der Waals surface area contributed by atoms with E-state index in [9.17, 15) is 4.79 Å². The van der Waals surface area contributed by atoms with E-state index >= 15 is 0 Å². The van der Waals surface area contributed by atoms with Gasteiger partial charge in [-0.15, -0.1) is 11.3 Å². The van der Waals surface area contributed by atoms with Crippen LogP contribution in [0.25, 0.3) is 10.1 Å². The highest BCUT2D eigenvalue weighted by Gasteiger charge is 2.31. The summed E-state index contributed by atoms with van der Waals surface area (Å²) in [5.74, 6) is 0.579. The Morgan fingerprint density at radius 3 is 3.00 bits per heavy atom. The van der Waals surface area contributed by atoms with E-state index in [1.165, 1.54) is 0 Å². The topological polar surface area (TPSA) is 49.3 Å². The molecule has 1 atom stereocenters. The molecular formula is C16H18ClNO2S. The van der Waals surface area contributed by atoms with Crippen molar-refractivity contribution in [3.8, 4) is 0 Å². The van der Waals surface area contributed by atoms with Crippen LogP contribution in [-0.2, 0) is 11.2 Å². The molecule has 2 N–H and O–H groups in total. The van der Waals surface area contributed by atoms with E-state index in [-0.39, 0.29) is 18.6 Å². The van der Waals surface area contributed by atoms with Gasteiger partial charge in [0, 0.05) is 22.4 Å². The number of thiophene rings is 1. The number of halogens is 1. The molecule has 5 heteroatoms. The van der Waals surface area contributed by atoms with Crippen LogP contribution in [0.3, 0.4) is 0 Å². The number of nitrogens with one attached hydrogen (secondary N) is 1. The fraction of sp³-hybridized carbons (Fsp3) is 0.438. The van der Waals surface area contributed by atoms with E-state index in [0.717, 1.165) is 28.5 Å². The molecule has 0 bridgehead atoms. The third kappa shape index (κ3) is 3.57. The number of carbonyl (C=O) groups is 1. The summed E-state index contributed by atoms with van der Waals surface area (Å²) in [6.45, 7) is 0.123. The van der Waals surface area contributed by atoms with Crippen molar-refractivity contribution < 1.29 is 9.90 Å². The Balaban J connectivity index is 1.69. The summed E-state index contributed by atoms with van der Waals surface area (Å²) in [5.41, 5.74) is 1.02. The number of hydrogen-bond donors (Lipinski definition) is 2. The van der Waals surface area contributed by atoms with Gasteiger partial charge in [0.15, 0.2) is 0 Å². The summed E-state index contributed by atoms with van der Waals surface area (Å²) in [5, 5.41) is 15.9. The molecule has 1 fully saturated rings. The number of benzene rings is 1. The molecule has 0 radical (unpaired) electrons. The number of hydrogen-bond acceptors (Lipinski definition) is 3. The van der Waals surface area contributed by atoms with Crippen LogP contribution in [0.15, 0.2) is 23.6 Å². The minimum atomic E-state index is 0.0278. The molecule has 0 saturated heterocycles. The van der Waals surface area contributed by atoms with E-state index in [1.807, 2.05) is 23.6 Å². The molecule has 1 aromatic heterocycles. The summed E-state index contributed by atoms with van der Waals surface area (Å²) < 4.78 is 1.15. The van der Waals surface area contributed by atoms with Gasteiger partial charge in [-0.1, -0.05) is 11.6 Å². The second-order valence-corrected chi connectivity index (χ2v) is 6.95. The normalized spacial score (nSPS) is 16.1. The molecule has 3 rings (SSSR count). The van der Waals surface area contributed by atoms with Gasteiger partial charge in [-0.2, -0.15) is 0 Å². The highest BCUT2D eigenvalue weighted by molar-refractivity contribution is 7.17. The van der Waals surface area contributed by atoms with Gasteiger partial charge in [-0.05, 0) is 59.7 Å². The first-order valence-corrected chi connectivity index (χ1v) is 8.49. The second-order valence-electron chi connectivity index (χ2n) is 5.60. The van der Waals surface area contributed by atoms with Gasteiger partial charge >= 0.3 is 0 Å². The van der Waals surface area contributed by atoms with Gasteiger partial charge in [0.2, 0.25) is 5.91 Å². The van der Waals surface area contributed by atoms with Crippen LogP contribution in [0.2, 0.25) is 5.02 Å². The predicted molar refractivity (Wildman–Crippen MR) is 86.9 cm³/mol. The largest absolute Gasteiger partial charge is 0.396 e. The Bertz CT molecular complexity index is 651. The molecule has 1 unspecified atom stereocenters. The summed E-state index contributed by atoms with van der Waals surface area (Å²) in [7, 11) is 0. The van der Waals surface area contributed by atoms with Gasteiger partial charge in [0.1, 0.15) is 0 Å². The van der Waals surface area contributed by atoms with Crippen LogP contribution in [0.4, 0.5) is 0 Å². The lowest BCUT2D eigenvalue weighted by Gasteiger charge is -2.17. The molecule has 0 aliphatic heterocycles. The van der Waals surface area contributed by atoms with Crippen molar-refractivity contribution >= 4 is 38.9 Å². The molecule has 1 saturated carbocycles. The first-order valence-electron chi connectivity index (χ1n) is 7.23. The molecular weight excluding hydrogens is 306 g/mol. The maximum Gasteiger partial charge on any atom is 0.224 e. The van der Waals surface area contributed by atoms with Gasteiger partial charge in [0.05, 0.1) is 6.42 Å². The van der Waals surface area contributed by atoms with E-state index in [0.29, 0.717) is 23.8 Å². The molecule has 1 amide bonds. The van der Waals surface area contributed by atoms with Crippen LogP contribution >= 0.6 is 22.9 Å². The highest BCUT2D eigenvalue weighted by atomic mass is 35.5. The SMILES string of the molecule is O=C(Cc1csc2ccc(Cl)cc12)NC(CCO)C1CC1. The second kappa shape index (κ2) is 6.34. The standard InChI is InChI=1S/C16H18ClNO2S/c17-12-3-4-15-13(8-12)11(9-21-15)7-16(20)18-14(5-6-19)10-1-2-10/h3-4,8-10,14,19H,1-2,5-7H2,(H,18,20). The maximum atomic E-state index is 12.2. The Kier molecular flexibility index (Phi) is 4.48. The predicted octanol–water partition coefficient (Wildman–Crippen LogP) is 3.37. The van der Waals surface area contributed by atoms with Crippen LogP contribution < -0.4 is 5.32 Å². The summed E-state index contributed by atoms with van der Waals surface area (Å²) in [6.07, 6.45) is 3.32. The zero-order chi connectivity index (χ0) is 14.8. The van der Waals surface area contributed by atoms with E-state index < -0.39 is 0 Å². The van der Waals surface area contributed by atoms with Crippen LogP contribution in [0.1, 0.15) is 24.8 Å². The molecule has 21 heavy (non-hydrogen) atoms. The number of amides is 1. The molecule has 1 aliphatic carbocycles. The van der Waals surface area contributed by atoms with E-state index in [1.54, 1.807) is 11.3 Å². The lowest BCUT2D eigenvalue weighted by Crippen LogP contribution is -2.38. The zero-order valence-electron chi connectivity index (χ0n) is 11.6. The number of carbonyl (C=O) groups excluding carboxylic acids is 1. The van der Waals surface area contributed by atoms with Gasteiger partial charge in [0.25, 0.3) is 0 Å². The molecule has 1 aromatic carbocycles. The molecule has 112 valence electrons. The monoisotopic (exact) mass is 323 g/mol. The molecule has 1 aliphatic rings. The quantitative estimate of drug-likeness (QED) is 0.856. The van der Waals surface area contributed by atoms with Crippen LogP contribution in [-0.4, -0.2) is 23.7 Å². The van der Waals surface area contributed by atoms with Gasteiger partial charge < -0.3 is 10.4 Å². The van der Waals surface area contributed by atoms with Gasteiger partial charge in [-0.3, -0.25) is 4.79 Å². The average molecular weight is 324 g/mol. The lowest BCUT2D eigenvalue weighted by molar-refractivity contribution is -0.121. The van der Waals surface area contributed by atoms with Gasteiger partial charge in [-0.25, -0.2) is 0 Å². The van der Waals surface area contributed by atoms with Crippen molar-refractivity contribution in [1.82, 2.24) is 5.32 Å². The minimum absolute atomic E-state index is 0.0278. The van der Waals surface area contributed by atoms with Crippen molar-refractivity contribution in [2.45, 2.75) is 31.7 Å². The molecule has 3 nitrogen and oxygen atoms in total. The molecule has 0 spiro atoms. The summed E-state index contributed by atoms with van der Waals surface area (Å²) in [6, 6.07) is 5.90. The minimum Gasteiger partial charge on any atom is -0.396 e. The molecule has 2 aromatic rings. The Morgan fingerprint density at radius 1 is 1.48 bits per heavy atom. The summed E-state index contributed by atoms with van der Waals surface area (Å²) >= 11 is 7.67. The Morgan fingerprint density at radius 2 is 2.29 bits per heavy atom. The van der Waals surface area contributed by atoms with Crippen molar-refractivity contribution in [2.75, 3.05) is 6.61 Å². The lowest BCUT2D eigenvalue weighted by atomic mass is 10.1. The third-order valence-corrected chi connectivity index (χ3v) is 5.19. The van der Waals surface area contributed by atoms with E-state index in [4.69, 9.17) is 16.7 Å². The smallest absolute Gasteiger partial charge is 0.224 e. The fourth-order valence-corrected chi connectivity index (χ4v) is 3.80. The first-order chi connectivity index (χ1) is 10.2. The summed E-state index contributed by atoms with van der Waals surface area (Å²) in [4.78, 5) is 12.2. The number of aliphatic hydroxyl groups is 1. The van der Waals surface area contributed by atoms with Crippen molar-refractivity contribution in [3.63, 3.8) is 0 Å². The zero-order valence-corrected chi connectivity index (χ0v) is 13.2. The fourth-order valence-electron chi connectivity index (χ4n) is 2.69. The van der Waals surface area contributed by atoms with Crippen molar-refractivity contribution in [1.29, 1.82) is 0 Å². The first kappa shape index (κ1) is 14.8. The van der Waals surface area contributed by atoms with E-state index in [2.05, 4.69) is 5.32 Å². The highest BCUT2D eigenvalue weighted by Crippen LogP contribution is 2.34. The average Bonchev–Trinajstić information content (AvgIpc) is 3.23. The Hall–Kier alpha value is -1.10. The number of aliphatic hydroxyl groups excluding tert-OH is 1. The number of fused-ring (bicyclic) bond motifs is 1. The number of rotatable bonds is 6.